The molecule has 1 aromatic heterocycles. The van der Waals surface area contributed by atoms with Crippen molar-refractivity contribution in [1.82, 2.24) is 20.3 Å². The van der Waals surface area contributed by atoms with Crippen LogP contribution in [0.1, 0.15) is 42.6 Å². The molecule has 1 spiro atoms. The number of benzene rings is 1. The van der Waals surface area contributed by atoms with Gasteiger partial charge in [0.05, 0.1) is 23.9 Å². The van der Waals surface area contributed by atoms with E-state index in [1.54, 1.807) is 4.68 Å². The van der Waals surface area contributed by atoms with Gasteiger partial charge in [-0.25, -0.2) is 0 Å². The Labute approximate surface area is 141 Å². The zero-order chi connectivity index (χ0) is 16.0. The van der Waals surface area contributed by atoms with Gasteiger partial charge in [0.1, 0.15) is 0 Å². The van der Waals surface area contributed by atoms with Crippen molar-refractivity contribution in [3.8, 4) is 0 Å². The van der Waals surface area contributed by atoms with Crippen molar-refractivity contribution in [3.63, 3.8) is 0 Å². The van der Waals surface area contributed by atoms with Crippen LogP contribution in [0.25, 0.3) is 0 Å². The van der Waals surface area contributed by atoms with E-state index < -0.39 is 0 Å². The summed E-state index contributed by atoms with van der Waals surface area (Å²) in [4.78, 5) is 0. The number of rotatable bonds is 1. The lowest BCUT2D eigenvalue weighted by Crippen LogP contribution is -2.50. The van der Waals surface area contributed by atoms with Gasteiger partial charge in [0.2, 0.25) is 0 Å². The summed E-state index contributed by atoms with van der Waals surface area (Å²) in [6, 6.07) is 6.70. The van der Waals surface area contributed by atoms with Crippen LogP contribution < -0.4 is 5.32 Å². The third-order valence-corrected chi connectivity index (χ3v) is 5.18. The second kappa shape index (κ2) is 5.58. The standard InChI is InChI=1S/C17H21ClN4O/c1-11-8-17(9-15(19-11)16-10-22(2)21-20-16)14-4-3-13(18)7-12(14)5-6-23-17/h3-4,7,10-11,15,19H,5-6,8-9H2,1-2H3/t11-,15-,17-/m0/s1. The van der Waals surface area contributed by atoms with Gasteiger partial charge in [-0.3, -0.25) is 4.68 Å². The van der Waals surface area contributed by atoms with Crippen LogP contribution in [0.5, 0.6) is 0 Å². The summed E-state index contributed by atoms with van der Waals surface area (Å²) < 4.78 is 8.11. The second-order valence-corrected chi connectivity index (χ2v) is 7.18. The number of fused-ring (bicyclic) bond motifs is 2. The predicted octanol–water partition coefficient (Wildman–Crippen LogP) is 2.75. The molecule has 3 heterocycles. The van der Waals surface area contributed by atoms with E-state index in [2.05, 4.69) is 34.7 Å². The number of aryl methyl sites for hydroxylation is 1. The molecule has 23 heavy (non-hydrogen) atoms. The first kappa shape index (κ1) is 15.1. The molecule has 0 amide bonds. The van der Waals surface area contributed by atoms with E-state index in [0.717, 1.165) is 36.6 Å². The van der Waals surface area contributed by atoms with Gasteiger partial charge in [-0.05, 0) is 43.0 Å². The Morgan fingerprint density at radius 3 is 3.04 bits per heavy atom. The fourth-order valence-electron chi connectivity index (χ4n) is 4.07. The highest BCUT2D eigenvalue weighted by molar-refractivity contribution is 6.30. The molecule has 3 atom stereocenters. The lowest BCUT2D eigenvalue weighted by atomic mass is 9.75. The van der Waals surface area contributed by atoms with Crippen molar-refractivity contribution in [1.29, 1.82) is 0 Å². The summed E-state index contributed by atoms with van der Waals surface area (Å²) in [7, 11) is 1.90. The molecule has 0 aliphatic carbocycles. The number of ether oxygens (including phenoxy) is 1. The zero-order valence-electron chi connectivity index (χ0n) is 13.4. The highest BCUT2D eigenvalue weighted by Gasteiger charge is 2.45. The first-order valence-corrected chi connectivity index (χ1v) is 8.49. The molecular weight excluding hydrogens is 312 g/mol. The van der Waals surface area contributed by atoms with Crippen molar-refractivity contribution in [2.75, 3.05) is 6.61 Å². The highest BCUT2D eigenvalue weighted by atomic mass is 35.5. The van der Waals surface area contributed by atoms with E-state index in [0.29, 0.717) is 6.04 Å². The normalized spacial score (nSPS) is 30.4. The van der Waals surface area contributed by atoms with Crippen molar-refractivity contribution in [2.45, 2.75) is 43.9 Å². The molecule has 0 unspecified atom stereocenters. The fraction of sp³-hybridized carbons (Fsp3) is 0.529. The molecule has 2 aliphatic rings. The van der Waals surface area contributed by atoms with Crippen LogP contribution in [0.2, 0.25) is 5.02 Å². The number of nitrogens with one attached hydrogen (secondary N) is 1. The maximum Gasteiger partial charge on any atom is 0.0997 e. The third kappa shape index (κ3) is 2.67. The molecule has 122 valence electrons. The Morgan fingerprint density at radius 2 is 2.26 bits per heavy atom. The molecule has 1 aromatic carbocycles. The molecule has 0 radical (unpaired) electrons. The predicted molar refractivity (Wildman–Crippen MR) is 88.4 cm³/mol. The minimum Gasteiger partial charge on any atom is -0.370 e. The molecule has 6 heteroatoms. The number of nitrogens with zero attached hydrogens (tertiary/aromatic N) is 3. The summed E-state index contributed by atoms with van der Waals surface area (Å²) >= 11 is 6.19. The summed E-state index contributed by atoms with van der Waals surface area (Å²) in [5.41, 5.74) is 3.32. The molecule has 0 bridgehead atoms. The Hall–Kier alpha value is -1.43. The summed E-state index contributed by atoms with van der Waals surface area (Å²) in [5, 5.41) is 12.8. The van der Waals surface area contributed by atoms with E-state index in [-0.39, 0.29) is 11.6 Å². The van der Waals surface area contributed by atoms with Gasteiger partial charge in [-0.15, -0.1) is 5.10 Å². The molecule has 0 saturated carbocycles. The van der Waals surface area contributed by atoms with E-state index in [9.17, 15) is 0 Å². The van der Waals surface area contributed by atoms with Crippen LogP contribution >= 0.6 is 11.6 Å². The van der Waals surface area contributed by atoms with Gasteiger partial charge >= 0.3 is 0 Å². The lowest BCUT2D eigenvalue weighted by molar-refractivity contribution is -0.0987. The van der Waals surface area contributed by atoms with E-state index in [1.165, 1.54) is 11.1 Å². The van der Waals surface area contributed by atoms with Gasteiger partial charge in [0.15, 0.2) is 0 Å². The molecule has 1 fully saturated rings. The van der Waals surface area contributed by atoms with Gasteiger partial charge < -0.3 is 10.1 Å². The number of hydrogen-bond donors (Lipinski definition) is 1. The smallest absolute Gasteiger partial charge is 0.0997 e. The zero-order valence-corrected chi connectivity index (χ0v) is 14.2. The van der Waals surface area contributed by atoms with Crippen molar-refractivity contribution in [2.24, 2.45) is 7.05 Å². The van der Waals surface area contributed by atoms with E-state index in [1.807, 2.05) is 19.3 Å². The van der Waals surface area contributed by atoms with Crippen molar-refractivity contribution in [3.05, 3.63) is 46.2 Å². The van der Waals surface area contributed by atoms with Crippen molar-refractivity contribution >= 4 is 11.6 Å². The fourth-order valence-corrected chi connectivity index (χ4v) is 4.26. The maximum absolute atomic E-state index is 6.36. The molecule has 5 nitrogen and oxygen atoms in total. The molecule has 1 saturated heterocycles. The van der Waals surface area contributed by atoms with Gasteiger partial charge in [-0.2, -0.15) is 0 Å². The monoisotopic (exact) mass is 332 g/mol. The minimum absolute atomic E-state index is 0.147. The Kier molecular flexibility index (Phi) is 3.67. The van der Waals surface area contributed by atoms with E-state index in [4.69, 9.17) is 16.3 Å². The quantitative estimate of drug-likeness (QED) is 0.872. The van der Waals surface area contributed by atoms with Crippen LogP contribution in [-0.2, 0) is 23.8 Å². The van der Waals surface area contributed by atoms with Gasteiger partial charge in [0.25, 0.3) is 0 Å². The number of halogens is 1. The van der Waals surface area contributed by atoms with Crippen LogP contribution in [0.3, 0.4) is 0 Å². The van der Waals surface area contributed by atoms with Gasteiger partial charge in [0, 0.05) is 30.7 Å². The Balaban J connectivity index is 1.73. The largest absolute Gasteiger partial charge is 0.370 e. The number of hydrogen-bond acceptors (Lipinski definition) is 4. The number of piperidine rings is 1. The molecular formula is C17H21ClN4O. The highest BCUT2D eigenvalue weighted by Crippen LogP contribution is 2.46. The SMILES string of the molecule is C[C@H]1C[C@@]2(C[C@@H](c3cn(C)nn3)N1)OCCc1cc(Cl)ccc12. The molecule has 2 aliphatic heterocycles. The first-order valence-electron chi connectivity index (χ1n) is 8.11. The van der Waals surface area contributed by atoms with Crippen LogP contribution in [0.15, 0.2) is 24.4 Å². The summed E-state index contributed by atoms with van der Waals surface area (Å²) in [6.45, 7) is 2.95. The third-order valence-electron chi connectivity index (χ3n) is 4.94. The Bertz CT molecular complexity index is 731. The second-order valence-electron chi connectivity index (χ2n) is 6.74. The van der Waals surface area contributed by atoms with Crippen molar-refractivity contribution < 1.29 is 4.74 Å². The average Bonchev–Trinajstić information content (AvgIpc) is 2.93. The summed E-state index contributed by atoms with van der Waals surface area (Å²) in [6.07, 6.45) is 4.73. The molecule has 2 aromatic rings. The number of aromatic nitrogens is 3. The maximum atomic E-state index is 6.36. The van der Waals surface area contributed by atoms with E-state index >= 15 is 0 Å². The minimum atomic E-state index is -0.259. The average molecular weight is 333 g/mol. The van der Waals surface area contributed by atoms with Gasteiger partial charge in [-0.1, -0.05) is 22.9 Å². The van der Waals surface area contributed by atoms with Crippen LogP contribution in [0.4, 0.5) is 0 Å². The Morgan fingerprint density at radius 1 is 1.39 bits per heavy atom. The van der Waals surface area contributed by atoms with Crippen LogP contribution in [-0.4, -0.2) is 27.6 Å². The summed E-state index contributed by atoms with van der Waals surface area (Å²) in [5.74, 6) is 0. The van der Waals surface area contributed by atoms with Crippen LogP contribution in [0, 0.1) is 0 Å². The molecule has 4 rings (SSSR count). The lowest BCUT2D eigenvalue weighted by Gasteiger charge is -2.47. The molecule has 1 N–H and O–H groups in total. The topological polar surface area (TPSA) is 52.0 Å². The first-order chi connectivity index (χ1) is 11.1.